The number of benzene rings is 3. The summed E-state index contributed by atoms with van der Waals surface area (Å²) in [7, 11) is 0. The van der Waals surface area contributed by atoms with Crippen LogP contribution >= 0.6 is 0 Å². The molecule has 2 amide bonds. The Balaban J connectivity index is 1.74. The molecule has 3 aromatic carbocycles. The van der Waals surface area contributed by atoms with Crippen molar-refractivity contribution >= 4 is 28.2 Å². The molecular formula is C23H24N2O. The number of rotatable bonds is 3. The van der Waals surface area contributed by atoms with E-state index in [0.29, 0.717) is 0 Å². The number of carbonyl (C=O) groups excluding carboxylic acids is 1. The van der Waals surface area contributed by atoms with E-state index in [1.807, 2.05) is 59.5 Å². The molecule has 1 saturated carbocycles. The van der Waals surface area contributed by atoms with Crippen LogP contribution in [-0.2, 0) is 0 Å². The number of hydrogen-bond acceptors (Lipinski definition) is 1. The molecule has 3 aromatic rings. The van der Waals surface area contributed by atoms with E-state index in [2.05, 4.69) is 23.5 Å². The maximum atomic E-state index is 13.3. The highest BCUT2D eigenvalue weighted by Crippen LogP contribution is 2.32. The minimum Gasteiger partial charge on any atom is -0.335 e. The van der Waals surface area contributed by atoms with Crippen LogP contribution in [0.25, 0.3) is 10.8 Å². The molecule has 3 heteroatoms. The van der Waals surface area contributed by atoms with Gasteiger partial charge in [0.2, 0.25) is 0 Å². The van der Waals surface area contributed by atoms with Gasteiger partial charge < -0.3 is 5.32 Å². The Kier molecular flexibility index (Phi) is 4.87. The van der Waals surface area contributed by atoms with Crippen LogP contribution < -0.4 is 10.2 Å². The molecule has 0 radical (unpaired) electrons. The minimum absolute atomic E-state index is 0.0422. The summed E-state index contributed by atoms with van der Waals surface area (Å²) in [6.07, 6.45) is 5.82. The molecule has 0 saturated heterocycles. The highest BCUT2D eigenvalue weighted by Gasteiger charge is 2.23. The van der Waals surface area contributed by atoms with Gasteiger partial charge in [-0.05, 0) is 36.4 Å². The van der Waals surface area contributed by atoms with Gasteiger partial charge in [-0.15, -0.1) is 0 Å². The monoisotopic (exact) mass is 344 g/mol. The van der Waals surface area contributed by atoms with Crippen molar-refractivity contribution in [3.05, 3.63) is 72.8 Å². The fraction of sp³-hybridized carbons (Fsp3) is 0.261. The van der Waals surface area contributed by atoms with Gasteiger partial charge in [0.25, 0.3) is 0 Å². The molecule has 0 unspecified atom stereocenters. The number of para-hydroxylation sites is 1. The Bertz CT molecular complexity index is 880. The van der Waals surface area contributed by atoms with Crippen molar-refractivity contribution in [2.24, 2.45) is 0 Å². The van der Waals surface area contributed by atoms with E-state index in [4.69, 9.17) is 0 Å². The largest absolute Gasteiger partial charge is 0.335 e. The predicted molar refractivity (Wildman–Crippen MR) is 108 cm³/mol. The Morgan fingerprint density at radius 1 is 0.808 bits per heavy atom. The average molecular weight is 344 g/mol. The van der Waals surface area contributed by atoms with Gasteiger partial charge in [-0.1, -0.05) is 73.9 Å². The molecule has 1 N–H and O–H groups in total. The van der Waals surface area contributed by atoms with Crippen molar-refractivity contribution < 1.29 is 4.79 Å². The number of anilines is 2. The summed E-state index contributed by atoms with van der Waals surface area (Å²) in [4.78, 5) is 15.1. The van der Waals surface area contributed by atoms with Crippen molar-refractivity contribution in [3.63, 3.8) is 0 Å². The molecule has 1 aliphatic rings. The van der Waals surface area contributed by atoms with Crippen LogP contribution in [0.5, 0.6) is 0 Å². The van der Waals surface area contributed by atoms with E-state index in [9.17, 15) is 4.79 Å². The van der Waals surface area contributed by atoms with Gasteiger partial charge in [0.1, 0.15) is 0 Å². The Labute approximate surface area is 154 Å². The summed E-state index contributed by atoms with van der Waals surface area (Å²) in [5.74, 6) is 0. The highest BCUT2D eigenvalue weighted by atomic mass is 16.2. The van der Waals surface area contributed by atoms with Crippen LogP contribution in [0.15, 0.2) is 72.8 Å². The lowest BCUT2D eigenvalue weighted by molar-refractivity contribution is 0.240. The molecule has 132 valence electrons. The van der Waals surface area contributed by atoms with Crippen molar-refractivity contribution in [2.45, 2.75) is 38.1 Å². The fourth-order valence-electron chi connectivity index (χ4n) is 3.83. The molecule has 3 nitrogen and oxygen atoms in total. The Morgan fingerprint density at radius 3 is 2.31 bits per heavy atom. The average Bonchev–Trinajstić information content (AvgIpc) is 2.70. The summed E-state index contributed by atoms with van der Waals surface area (Å²) >= 11 is 0. The zero-order chi connectivity index (χ0) is 17.8. The normalized spacial score (nSPS) is 14.9. The molecule has 0 aromatic heterocycles. The summed E-state index contributed by atoms with van der Waals surface area (Å²) in [6, 6.07) is 24.5. The highest BCUT2D eigenvalue weighted by molar-refractivity contribution is 6.07. The predicted octanol–water partition coefficient (Wildman–Crippen LogP) is 6.02. The smallest absolute Gasteiger partial charge is 0.326 e. The van der Waals surface area contributed by atoms with Crippen molar-refractivity contribution in [3.8, 4) is 0 Å². The molecule has 0 atom stereocenters. The van der Waals surface area contributed by atoms with Crippen LogP contribution in [0, 0.1) is 0 Å². The lowest BCUT2D eigenvalue weighted by Crippen LogP contribution is -2.43. The van der Waals surface area contributed by atoms with Crippen LogP contribution in [0.2, 0.25) is 0 Å². The number of amides is 2. The van der Waals surface area contributed by atoms with Crippen molar-refractivity contribution in [2.75, 3.05) is 4.90 Å². The third kappa shape index (κ3) is 3.43. The standard InChI is InChI=1S/C23H24N2O/c26-23(24-19-12-3-1-4-13-19)25(20-14-5-2-6-15-20)22-17-9-11-18-10-7-8-16-21(18)22/h2,5-11,14-17,19H,1,3-4,12-13H2,(H,24,26). The van der Waals surface area contributed by atoms with E-state index < -0.39 is 0 Å². The Hall–Kier alpha value is -2.81. The number of fused-ring (bicyclic) bond motifs is 1. The lowest BCUT2D eigenvalue weighted by atomic mass is 9.96. The molecular weight excluding hydrogens is 320 g/mol. The Morgan fingerprint density at radius 2 is 1.50 bits per heavy atom. The third-order valence-electron chi connectivity index (χ3n) is 5.16. The SMILES string of the molecule is O=C(NC1CCCCC1)N(c1ccccc1)c1cccc2ccccc12. The van der Waals surface area contributed by atoms with Crippen molar-refractivity contribution in [1.29, 1.82) is 0 Å². The summed E-state index contributed by atoms with van der Waals surface area (Å²) in [6.45, 7) is 0. The quantitative estimate of drug-likeness (QED) is 0.619. The molecule has 0 aliphatic heterocycles. The maximum Gasteiger partial charge on any atom is 0.326 e. The maximum absolute atomic E-state index is 13.3. The first-order chi connectivity index (χ1) is 12.8. The van der Waals surface area contributed by atoms with Gasteiger partial charge in [0, 0.05) is 11.4 Å². The summed E-state index contributed by atoms with van der Waals surface area (Å²) in [5.41, 5.74) is 1.81. The van der Waals surface area contributed by atoms with Gasteiger partial charge in [0.15, 0.2) is 0 Å². The van der Waals surface area contributed by atoms with E-state index in [1.165, 1.54) is 19.3 Å². The summed E-state index contributed by atoms with van der Waals surface area (Å²) in [5, 5.41) is 5.48. The second-order valence-corrected chi connectivity index (χ2v) is 6.95. The zero-order valence-corrected chi connectivity index (χ0v) is 14.9. The molecule has 0 spiro atoms. The topological polar surface area (TPSA) is 32.3 Å². The molecule has 1 aliphatic carbocycles. The summed E-state index contributed by atoms with van der Waals surface area (Å²) < 4.78 is 0. The minimum atomic E-state index is -0.0422. The first kappa shape index (κ1) is 16.6. The van der Waals surface area contributed by atoms with Crippen LogP contribution in [0.1, 0.15) is 32.1 Å². The van der Waals surface area contributed by atoms with Gasteiger partial charge in [-0.3, -0.25) is 4.90 Å². The van der Waals surface area contributed by atoms with Crippen molar-refractivity contribution in [1.82, 2.24) is 5.32 Å². The zero-order valence-electron chi connectivity index (χ0n) is 14.9. The number of hydrogen-bond donors (Lipinski definition) is 1. The molecule has 4 rings (SSSR count). The molecule has 26 heavy (non-hydrogen) atoms. The number of urea groups is 1. The van der Waals surface area contributed by atoms with E-state index in [1.54, 1.807) is 0 Å². The van der Waals surface area contributed by atoms with Crippen LogP contribution in [0.4, 0.5) is 16.2 Å². The lowest BCUT2D eigenvalue weighted by Gasteiger charge is -2.29. The first-order valence-corrected chi connectivity index (χ1v) is 9.46. The van der Waals surface area contributed by atoms with Crippen LogP contribution in [-0.4, -0.2) is 12.1 Å². The van der Waals surface area contributed by atoms with Gasteiger partial charge >= 0.3 is 6.03 Å². The number of nitrogens with one attached hydrogen (secondary N) is 1. The first-order valence-electron chi connectivity index (χ1n) is 9.46. The number of nitrogens with zero attached hydrogens (tertiary/aromatic N) is 1. The van der Waals surface area contributed by atoms with Crippen LogP contribution in [0.3, 0.4) is 0 Å². The fourth-order valence-corrected chi connectivity index (χ4v) is 3.83. The van der Waals surface area contributed by atoms with E-state index >= 15 is 0 Å². The van der Waals surface area contributed by atoms with Gasteiger partial charge in [0.05, 0.1) is 11.4 Å². The second-order valence-electron chi connectivity index (χ2n) is 6.95. The molecule has 0 heterocycles. The van der Waals surface area contributed by atoms with E-state index in [-0.39, 0.29) is 12.1 Å². The van der Waals surface area contributed by atoms with E-state index in [0.717, 1.165) is 35.0 Å². The van der Waals surface area contributed by atoms with Gasteiger partial charge in [-0.25, -0.2) is 4.79 Å². The second kappa shape index (κ2) is 7.61. The third-order valence-corrected chi connectivity index (χ3v) is 5.16. The molecule has 0 bridgehead atoms. The molecule has 1 fully saturated rings. The number of carbonyl (C=O) groups is 1. The van der Waals surface area contributed by atoms with Gasteiger partial charge in [-0.2, -0.15) is 0 Å².